The van der Waals surface area contributed by atoms with Crippen molar-refractivity contribution in [2.75, 3.05) is 6.61 Å². The molecule has 1 N–H and O–H groups in total. The summed E-state index contributed by atoms with van der Waals surface area (Å²) in [6, 6.07) is 0. The quantitative estimate of drug-likeness (QED) is 0.483. The number of rotatable bonds is 0. The summed E-state index contributed by atoms with van der Waals surface area (Å²) < 4.78 is 0. The summed E-state index contributed by atoms with van der Waals surface area (Å²) in [4.78, 5) is 4.55. The minimum absolute atomic E-state index is 0.551. The first-order chi connectivity index (χ1) is 3.30. The predicted octanol–water partition coefficient (Wildman–Crippen LogP) is 0.527. The molecule has 3 nitrogen and oxygen atoms in total. The Labute approximate surface area is 41.7 Å². The van der Waals surface area contributed by atoms with Crippen LogP contribution in [0.25, 0.3) is 0 Å². The van der Waals surface area contributed by atoms with Gasteiger partial charge in [0.2, 0.25) is 0 Å². The third kappa shape index (κ3) is 0.730. The second kappa shape index (κ2) is 1.52. The van der Waals surface area contributed by atoms with E-state index in [4.69, 9.17) is 5.21 Å². The zero-order valence-electron chi connectivity index (χ0n) is 3.92. The van der Waals surface area contributed by atoms with Gasteiger partial charge in [0.05, 0.1) is 12.3 Å². The van der Waals surface area contributed by atoms with Crippen molar-refractivity contribution >= 4 is 0 Å². The lowest BCUT2D eigenvalue weighted by molar-refractivity contribution is -0.288. The summed E-state index contributed by atoms with van der Waals surface area (Å²) in [5, 5.41) is 9.22. The molecule has 0 atom stereocenters. The minimum atomic E-state index is 0.551. The van der Waals surface area contributed by atoms with Gasteiger partial charge in [0.15, 0.2) is 0 Å². The van der Waals surface area contributed by atoms with Gasteiger partial charge < -0.3 is 0 Å². The Morgan fingerprint density at radius 3 is 2.71 bits per heavy atom. The highest BCUT2D eigenvalue weighted by atomic mass is 16.9. The molecule has 0 aromatic heterocycles. The molecule has 1 rings (SSSR count). The van der Waals surface area contributed by atoms with E-state index in [2.05, 4.69) is 11.4 Å². The van der Waals surface area contributed by atoms with E-state index >= 15 is 0 Å². The van der Waals surface area contributed by atoms with E-state index < -0.39 is 0 Å². The van der Waals surface area contributed by atoms with Crippen LogP contribution in [0, 0.1) is 0 Å². The Morgan fingerprint density at radius 1 is 1.86 bits per heavy atom. The molecule has 0 unspecified atom stereocenters. The summed E-state index contributed by atoms with van der Waals surface area (Å²) in [5.74, 6) is 0. The van der Waals surface area contributed by atoms with E-state index in [0.29, 0.717) is 17.5 Å². The van der Waals surface area contributed by atoms with Crippen molar-refractivity contribution in [1.29, 1.82) is 0 Å². The van der Waals surface area contributed by atoms with E-state index in [1.54, 1.807) is 0 Å². The molecule has 1 heterocycles. The van der Waals surface area contributed by atoms with Crippen LogP contribution in [0.1, 0.15) is 6.42 Å². The van der Waals surface area contributed by atoms with Crippen LogP contribution in [0.3, 0.4) is 0 Å². The fourth-order valence-corrected chi connectivity index (χ4v) is 0.437. The Morgan fingerprint density at radius 2 is 2.57 bits per heavy atom. The highest BCUT2D eigenvalue weighted by molar-refractivity contribution is 4.89. The molecule has 0 aromatic carbocycles. The molecule has 0 bridgehead atoms. The molecule has 0 aromatic rings. The molecule has 1 aliphatic heterocycles. The number of hydroxylamine groups is 2. The topological polar surface area (TPSA) is 32.7 Å². The summed E-state index contributed by atoms with van der Waals surface area (Å²) in [5.41, 5.74) is 0.625. The lowest BCUT2D eigenvalue weighted by Crippen LogP contribution is -2.07. The fraction of sp³-hybridized carbons (Fsp3) is 0.500. The van der Waals surface area contributed by atoms with Crippen molar-refractivity contribution in [3.63, 3.8) is 0 Å². The van der Waals surface area contributed by atoms with E-state index in [1.165, 1.54) is 0 Å². The van der Waals surface area contributed by atoms with Gasteiger partial charge in [0, 0.05) is 6.42 Å². The second-order valence-corrected chi connectivity index (χ2v) is 1.42. The Hall–Kier alpha value is -0.540. The van der Waals surface area contributed by atoms with Crippen molar-refractivity contribution in [2.45, 2.75) is 6.42 Å². The molecule has 0 amide bonds. The SMILES string of the molecule is C=C1CCON1O. The fourth-order valence-electron chi connectivity index (χ4n) is 0.437. The van der Waals surface area contributed by atoms with Crippen LogP contribution in [-0.2, 0) is 4.84 Å². The molecule has 40 valence electrons. The molecule has 7 heavy (non-hydrogen) atoms. The van der Waals surface area contributed by atoms with Crippen LogP contribution < -0.4 is 0 Å². The average molecular weight is 101 g/mol. The Kier molecular flexibility index (Phi) is 1.00. The summed E-state index contributed by atoms with van der Waals surface area (Å²) in [6.45, 7) is 4.04. The maximum absolute atomic E-state index is 8.51. The Balaban J connectivity index is 2.48. The molecule has 0 aliphatic carbocycles. The van der Waals surface area contributed by atoms with Crippen LogP contribution in [0.2, 0.25) is 0 Å². The standard InChI is InChI=1S/C4H7NO2/c1-4-2-3-7-5(4)6/h6H,1-3H2. The zero-order valence-corrected chi connectivity index (χ0v) is 3.92. The van der Waals surface area contributed by atoms with Crippen LogP contribution in [0.4, 0.5) is 0 Å². The normalized spacial score (nSPS) is 21.3. The van der Waals surface area contributed by atoms with Gasteiger partial charge in [-0.3, -0.25) is 5.21 Å². The maximum Gasteiger partial charge on any atom is 0.0831 e. The van der Waals surface area contributed by atoms with E-state index in [1.807, 2.05) is 0 Å². The van der Waals surface area contributed by atoms with E-state index in [0.717, 1.165) is 6.42 Å². The first-order valence-corrected chi connectivity index (χ1v) is 2.10. The van der Waals surface area contributed by atoms with Gasteiger partial charge in [-0.2, -0.15) is 0 Å². The van der Waals surface area contributed by atoms with Gasteiger partial charge in [-0.1, -0.05) is 6.58 Å². The number of hydrogen-bond donors (Lipinski definition) is 1. The van der Waals surface area contributed by atoms with Crippen LogP contribution >= 0.6 is 0 Å². The van der Waals surface area contributed by atoms with Gasteiger partial charge in [0.1, 0.15) is 0 Å². The van der Waals surface area contributed by atoms with Crippen molar-refractivity contribution in [2.24, 2.45) is 0 Å². The first kappa shape index (κ1) is 4.61. The van der Waals surface area contributed by atoms with Gasteiger partial charge in [-0.25, -0.2) is 4.84 Å². The molecule has 3 heteroatoms. The molecular weight excluding hydrogens is 94.0 g/mol. The highest BCUT2D eigenvalue weighted by Crippen LogP contribution is 2.11. The minimum Gasteiger partial charge on any atom is -0.264 e. The highest BCUT2D eigenvalue weighted by Gasteiger charge is 2.11. The van der Waals surface area contributed by atoms with Gasteiger partial charge in [0.25, 0.3) is 0 Å². The van der Waals surface area contributed by atoms with Crippen molar-refractivity contribution in [3.8, 4) is 0 Å². The number of nitrogens with zero attached hydrogens (tertiary/aromatic N) is 1. The van der Waals surface area contributed by atoms with Crippen molar-refractivity contribution < 1.29 is 10.0 Å². The first-order valence-electron chi connectivity index (χ1n) is 2.10. The third-order valence-electron chi connectivity index (χ3n) is 0.875. The lowest BCUT2D eigenvalue weighted by atomic mass is 10.4. The third-order valence-corrected chi connectivity index (χ3v) is 0.875. The average Bonchev–Trinajstić information content (AvgIpc) is 1.91. The van der Waals surface area contributed by atoms with Gasteiger partial charge in [-0.05, 0) is 0 Å². The molecule has 0 radical (unpaired) electrons. The predicted molar refractivity (Wildman–Crippen MR) is 23.3 cm³/mol. The van der Waals surface area contributed by atoms with Crippen LogP contribution in [0.15, 0.2) is 12.3 Å². The van der Waals surface area contributed by atoms with E-state index in [-0.39, 0.29) is 0 Å². The zero-order chi connectivity index (χ0) is 5.28. The molecule has 1 aliphatic rings. The van der Waals surface area contributed by atoms with Gasteiger partial charge in [-0.15, -0.1) is 5.23 Å². The second-order valence-electron chi connectivity index (χ2n) is 1.42. The molecule has 1 fully saturated rings. The van der Waals surface area contributed by atoms with E-state index in [9.17, 15) is 0 Å². The monoisotopic (exact) mass is 101 g/mol. The lowest BCUT2D eigenvalue weighted by Gasteiger charge is -2.04. The molecule has 0 spiro atoms. The largest absolute Gasteiger partial charge is 0.264 e. The summed E-state index contributed by atoms with van der Waals surface area (Å²) >= 11 is 0. The Bertz CT molecular complexity index is 91.7. The molecule has 0 saturated carbocycles. The summed E-state index contributed by atoms with van der Waals surface area (Å²) in [7, 11) is 0. The molecule has 1 saturated heterocycles. The smallest absolute Gasteiger partial charge is 0.0831 e. The summed E-state index contributed by atoms with van der Waals surface area (Å²) in [6.07, 6.45) is 0.733. The van der Waals surface area contributed by atoms with Gasteiger partial charge >= 0.3 is 0 Å². The molecular formula is C4H7NO2. The van der Waals surface area contributed by atoms with Crippen molar-refractivity contribution in [3.05, 3.63) is 12.3 Å². The van der Waals surface area contributed by atoms with Crippen LogP contribution in [0.5, 0.6) is 0 Å². The van der Waals surface area contributed by atoms with Crippen LogP contribution in [-0.4, -0.2) is 17.0 Å². The maximum atomic E-state index is 8.51. The number of hydrogen-bond acceptors (Lipinski definition) is 3. The van der Waals surface area contributed by atoms with Crippen molar-refractivity contribution in [1.82, 2.24) is 5.23 Å².